The standard InChI is InChI=1S/C15H25ClN2/c1-3-5-7-18(8-6-4-2)12-13-9-14(16)11-15(17)10-13/h9-11H,3-8,12,17H2,1-2H3. The fourth-order valence-electron chi connectivity index (χ4n) is 2.06. The van der Waals surface area contributed by atoms with Gasteiger partial charge in [-0.15, -0.1) is 0 Å². The van der Waals surface area contributed by atoms with E-state index in [1.807, 2.05) is 12.1 Å². The van der Waals surface area contributed by atoms with Crippen LogP contribution in [0.1, 0.15) is 45.1 Å². The van der Waals surface area contributed by atoms with Gasteiger partial charge >= 0.3 is 0 Å². The van der Waals surface area contributed by atoms with Gasteiger partial charge in [0.2, 0.25) is 0 Å². The molecule has 0 heterocycles. The normalized spacial score (nSPS) is 11.1. The first-order valence-electron chi connectivity index (χ1n) is 6.93. The van der Waals surface area contributed by atoms with Crippen LogP contribution in [0.15, 0.2) is 18.2 Å². The van der Waals surface area contributed by atoms with Crippen molar-refractivity contribution in [2.75, 3.05) is 18.8 Å². The van der Waals surface area contributed by atoms with Crippen molar-refractivity contribution in [2.45, 2.75) is 46.1 Å². The summed E-state index contributed by atoms with van der Waals surface area (Å²) < 4.78 is 0. The molecular weight excluding hydrogens is 244 g/mol. The van der Waals surface area contributed by atoms with Crippen molar-refractivity contribution in [1.82, 2.24) is 4.90 Å². The summed E-state index contributed by atoms with van der Waals surface area (Å²) in [6.07, 6.45) is 4.97. The van der Waals surface area contributed by atoms with Crippen LogP contribution < -0.4 is 5.73 Å². The Morgan fingerprint density at radius 3 is 2.17 bits per heavy atom. The number of nitrogens with zero attached hydrogens (tertiary/aromatic N) is 1. The number of unbranched alkanes of at least 4 members (excludes halogenated alkanes) is 2. The lowest BCUT2D eigenvalue weighted by atomic mass is 10.1. The lowest BCUT2D eigenvalue weighted by Gasteiger charge is -2.22. The second-order valence-electron chi connectivity index (χ2n) is 4.88. The first-order chi connectivity index (χ1) is 8.65. The molecule has 0 spiro atoms. The third-order valence-corrected chi connectivity index (χ3v) is 3.26. The Labute approximate surface area is 116 Å². The van der Waals surface area contributed by atoms with E-state index in [1.165, 1.54) is 31.2 Å². The van der Waals surface area contributed by atoms with Crippen LogP contribution in [0.25, 0.3) is 0 Å². The summed E-state index contributed by atoms with van der Waals surface area (Å²) in [7, 11) is 0. The molecule has 2 nitrogen and oxygen atoms in total. The summed E-state index contributed by atoms with van der Waals surface area (Å²) in [5, 5.41) is 0.732. The van der Waals surface area contributed by atoms with Gasteiger partial charge in [-0.3, -0.25) is 4.90 Å². The first-order valence-corrected chi connectivity index (χ1v) is 7.30. The predicted molar refractivity (Wildman–Crippen MR) is 81.0 cm³/mol. The number of anilines is 1. The van der Waals surface area contributed by atoms with Gasteiger partial charge in [0.15, 0.2) is 0 Å². The van der Waals surface area contributed by atoms with E-state index in [0.717, 1.165) is 30.3 Å². The smallest absolute Gasteiger partial charge is 0.0429 e. The third kappa shape index (κ3) is 5.74. The SMILES string of the molecule is CCCCN(CCCC)Cc1cc(N)cc(Cl)c1. The summed E-state index contributed by atoms with van der Waals surface area (Å²) in [5.41, 5.74) is 7.80. The van der Waals surface area contributed by atoms with Gasteiger partial charge in [0, 0.05) is 17.3 Å². The molecule has 1 rings (SSSR count). The molecule has 0 aromatic heterocycles. The minimum atomic E-state index is 0.732. The lowest BCUT2D eigenvalue weighted by Crippen LogP contribution is -2.25. The van der Waals surface area contributed by atoms with E-state index in [9.17, 15) is 0 Å². The van der Waals surface area contributed by atoms with Crippen LogP contribution >= 0.6 is 11.6 Å². The number of nitrogens with two attached hydrogens (primary N) is 1. The summed E-state index contributed by atoms with van der Waals surface area (Å²) in [5.74, 6) is 0. The van der Waals surface area contributed by atoms with Crippen molar-refractivity contribution in [3.63, 3.8) is 0 Å². The Hall–Kier alpha value is -0.730. The molecule has 1 aromatic carbocycles. The largest absolute Gasteiger partial charge is 0.399 e. The van der Waals surface area contributed by atoms with Gasteiger partial charge in [0.25, 0.3) is 0 Å². The molecule has 2 N–H and O–H groups in total. The highest BCUT2D eigenvalue weighted by Gasteiger charge is 2.06. The molecule has 0 atom stereocenters. The van der Waals surface area contributed by atoms with Crippen molar-refractivity contribution in [1.29, 1.82) is 0 Å². The summed E-state index contributed by atoms with van der Waals surface area (Å²) in [6.45, 7) is 7.72. The zero-order chi connectivity index (χ0) is 13.4. The van der Waals surface area contributed by atoms with Gasteiger partial charge in [-0.1, -0.05) is 38.3 Å². The fourth-order valence-corrected chi connectivity index (χ4v) is 2.32. The summed E-state index contributed by atoms with van der Waals surface area (Å²) >= 11 is 6.04. The van der Waals surface area contributed by atoms with Crippen LogP contribution in [0, 0.1) is 0 Å². The van der Waals surface area contributed by atoms with E-state index in [1.54, 1.807) is 6.07 Å². The van der Waals surface area contributed by atoms with Gasteiger partial charge in [0.1, 0.15) is 0 Å². The molecule has 0 aliphatic carbocycles. The van der Waals surface area contributed by atoms with Gasteiger partial charge in [0.05, 0.1) is 0 Å². The zero-order valence-corrected chi connectivity index (χ0v) is 12.3. The topological polar surface area (TPSA) is 29.3 Å². The van der Waals surface area contributed by atoms with E-state index >= 15 is 0 Å². The highest BCUT2D eigenvalue weighted by atomic mass is 35.5. The highest BCUT2D eigenvalue weighted by molar-refractivity contribution is 6.30. The minimum absolute atomic E-state index is 0.732. The van der Waals surface area contributed by atoms with Gasteiger partial charge in [-0.2, -0.15) is 0 Å². The van der Waals surface area contributed by atoms with Crippen molar-refractivity contribution in [3.05, 3.63) is 28.8 Å². The second kappa shape index (κ2) is 8.39. The van der Waals surface area contributed by atoms with Gasteiger partial charge in [-0.25, -0.2) is 0 Å². The lowest BCUT2D eigenvalue weighted by molar-refractivity contribution is 0.257. The maximum Gasteiger partial charge on any atom is 0.0429 e. The molecule has 0 unspecified atom stereocenters. The number of benzene rings is 1. The van der Waals surface area contributed by atoms with Gasteiger partial charge in [-0.05, 0) is 49.7 Å². The molecule has 0 fully saturated rings. The molecule has 0 bridgehead atoms. The van der Waals surface area contributed by atoms with E-state index in [0.29, 0.717) is 0 Å². The molecule has 0 saturated heterocycles. The van der Waals surface area contributed by atoms with Crippen LogP contribution in [-0.2, 0) is 6.54 Å². The fraction of sp³-hybridized carbons (Fsp3) is 0.600. The van der Waals surface area contributed by atoms with E-state index in [2.05, 4.69) is 18.7 Å². The van der Waals surface area contributed by atoms with Crippen molar-refractivity contribution >= 4 is 17.3 Å². The first kappa shape index (κ1) is 15.3. The maximum absolute atomic E-state index is 6.04. The number of halogens is 1. The Bertz CT molecular complexity index is 324. The molecule has 0 radical (unpaired) electrons. The van der Waals surface area contributed by atoms with Gasteiger partial charge < -0.3 is 5.73 Å². The molecule has 1 aromatic rings. The zero-order valence-electron chi connectivity index (χ0n) is 11.6. The van der Waals surface area contributed by atoms with Crippen LogP contribution in [0.4, 0.5) is 5.69 Å². The molecule has 0 saturated carbocycles. The molecule has 0 amide bonds. The van der Waals surface area contributed by atoms with Crippen molar-refractivity contribution in [2.24, 2.45) is 0 Å². The second-order valence-corrected chi connectivity index (χ2v) is 5.31. The van der Waals surface area contributed by atoms with Crippen LogP contribution in [-0.4, -0.2) is 18.0 Å². The van der Waals surface area contributed by atoms with Crippen molar-refractivity contribution < 1.29 is 0 Å². The Morgan fingerprint density at radius 1 is 1.06 bits per heavy atom. The Morgan fingerprint density at radius 2 is 1.67 bits per heavy atom. The highest BCUT2D eigenvalue weighted by Crippen LogP contribution is 2.18. The average Bonchev–Trinajstić information content (AvgIpc) is 2.31. The minimum Gasteiger partial charge on any atom is -0.399 e. The van der Waals surface area contributed by atoms with Crippen molar-refractivity contribution in [3.8, 4) is 0 Å². The van der Waals surface area contributed by atoms with E-state index in [4.69, 9.17) is 17.3 Å². The molecular formula is C15H25ClN2. The van der Waals surface area contributed by atoms with Crippen LogP contribution in [0.3, 0.4) is 0 Å². The maximum atomic E-state index is 6.04. The molecule has 0 aliphatic heterocycles. The number of hydrogen-bond acceptors (Lipinski definition) is 2. The van der Waals surface area contributed by atoms with E-state index in [-0.39, 0.29) is 0 Å². The molecule has 0 aliphatic rings. The Balaban J connectivity index is 2.62. The predicted octanol–water partition coefficient (Wildman–Crippen LogP) is 4.32. The molecule has 18 heavy (non-hydrogen) atoms. The summed E-state index contributed by atoms with van der Waals surface area (Å²) in [4.78, 5) is 2.50. The number of nitrogen functional groups attached to an aromatic ring is 1. The average molecular weight is 269 g/mol. The molecule has 3 heteroatoms. The quantitative estimate of drug-likeness (QED) is 0.712. The number of hydrogen-bond donors (Lipinski definition) is 1. The van der Waals surface area contributed by atoms with Crippen LogP contribution in [0.2, 0.25) is 5.02 Å². The van der Waals surface area contributed by atoms with Crippen LogP contribution in [0.5, 0.6) is 0 Å². The Kier molecular flexibility index (Phi) is 7.14. The van der Waals surface area contributed by atoms with E-state index < -0.39 is 0 Å². The molecule has 102 valence electrons. The number of rotatable bonds is 8. The third-order valence-electron chi connectivity index (χ3n) is 3.04. The monoisotopic (exact) mass is 268 g/mol. The summed E-state index contributed by atoms with van der Waals surface area (Å²) in [6, 6.07) is 5.84.